The Bertz CT molecular complexity index is 1050. The van der Waals surface area contributed by atoms with E-state index in [1.165, 1.54) is 6.20 Å². The summed E-state index contributed by atoms with van der Waals surface area (Å²) >= 11 is 0.871. The molecule has 0 unspecified atom stereocenters. The molecule has 29 heavy (non-hydrogen) atoms. The lowest BCUT2D eigenvalue weighted by molar-refractivity contribution is -0.122. The zero-order valence-electron chi connectivity index (χ0n) is 15.8. The molecule has 1 aromatic carbocycles. The zero-order valence-corrected chi connectivity index (χ0v) is 16.6. The van der Waals surface area contributed by atoms with Gasteiger partial charge in [0, 0.05) is 25.8 Å². The minimum Gasteiger partial charge on any atom is -0.454 e. The molecule has 0 spiro atoms. The molecule has 0 radical (unpaired) electrons. The fourth-order valence-corrected chi connectivity index (χ4v) is 3.81. The molecule has 0 atom stereocenters. The minimum absolute atomic E-state index is 0.0915. The Morgan fingerprint density at radius 1 is 1.31 bits per heavy atom. The number of carbonyl (C=O) groups excluding carboxylic acids is 3. The number of ether oxygens (including phenoxy) is 2. The van der Waals surface area contributed by atoms with Gasteiger partial charge in [-0.15, -0.1) is 0 Å². The van der Waals surface area contributed by atoms with Crippen LogP contribution < -0.4 is 14.8 Å². The number of carbonyl (C=O) groups is 3. The van der Waals surface area contributed by atoms with Crippen molar-refractivity contribution in [1.82, 2.24) is 20.0 Å². The van der Waals surface area contributed by atoms with E-state index in [-0.39, 0.29) is 36.9 Å². The second-order valence-electron chi connectivity index (χ2n) is 6.47. The Morgan fingerprint density at radius 2 is 2.10 bits per heavy atom. The fraction of sp³-hybridized carbons (Fsp3) is 0.263. The second-order valence-corrected chi connectivity index (χ2v) is 7.46. The van der Waals surface area contributed by atoms with Crippen LogP contribution in [0, 0.1) is 6.92 Å². The van der Waals surface area contributed by atoms with Gasteiger partial charge in [-0.3, -0.25) is 24.0 Å². The number of amides is 3. The normalized spacial score (nSPS) is 16.8. The fourth-order valence-electron chi connectivity index (χ4n) is 2.95. The number of aryl methyl sites for hydroxylation is 1. The van der Waals surface area contributed by atoms with Gasteiger partial charge in [0.05, 0.1) is 16.7 Å². The van der Waals surface area contributed by atoms with Crippen molar-refractivity contribution in [3.05, 3.63) is 46.1 Å². The first-order valence-corrected chi connectivity index (χ1v) is 9.67. The molecule has 0 bridgehead atoms. The van der Waals surface area contributed by atoms with Crippen molar-refractivity contribution in [2.45, 2.75) is 6.92 Å². The van der Waals surface area contributed by atoms with Crippen molar-refractivity contribution < 1.29 is 23.9 Å². The maximum atomic E-state index is 12.6. The molecule has 3 heterocycles. The van der Waals surface area contributed by atoms with Crippen LogP contribution in [0.15, 0.2) is 29.3 Å². The van der Waals surface area contributed by atoms with Crippen LogP contribution in [0.3, 0.4) is 0 Å². The van der Waals surface area contributed by atoms with E-state index in [1.807, 2.05) is 0 Å². The summed E-state index contributed by atoms with van der Waals surface area (Å²) in [5.41, 5.74) is 1.93. The van der Waals surface area contributed by atoms with Crippen molar-refractivity contribution in [3.63, 3.8) is 0 Å². The van der Waals surface area contributed by atoms with Gasteiger partial charge in [0.15, 0.2) is 11.5 Å². The average Bonchev–Trinajstić information content (AvgIpc) is 3.36. The van der Waals surface area contributed by atoms with Gasteiger partial charge >= 0.3 is 0 Å². The average molecular weight is 414 g/mol. The van der Waals surface area contributed by atoms with E-state index in [0.717, 1.165) is 27.9 Å². The molecule has 4 rings (SSSR count). The van der Waals surface area contributed by atoms with Crippen molar-refractivity contribution in [2.24, 2.45) is 7.05 Å². The molecule has 1 saturated heterocycles. The third-order valence-corrected chi connectivity index (χ3v) is 5.58. The van der Waals surface area contributed by atoms with Gasteiger partial charge in [-0.1, -0.05) is 6.07 Å². The summed E-state index contributed by atoms with van der Waals surface area (Å²) < 4.78 is 12.2. The Hall–Kier alpha value is -3.27. The lowest BCUT2D eigenvalue weighted by Gasteiger charge is -2.12. The molecule has 1 aromatic heterocycles. The van der Waals surface area contributed by atoms with Crippen LogP contribution in [0.2, 0.25) is 0 Å². The van der Waals surface area contributed by atoms with Crippen molar-refractivity contribution in [2.75, 3.05) is 19.9 Å². The van der Waals surface area contributed by atoms with Gasteiger partial charge in [0.1, 0.15) is 0 Å². The van der Waals surface area contributed by atoms with E-state index in [2.05, 4.69) is 10.4 Å². The number of aromatic nitrogens is 2. The molecule has 9 nitrogen and oxygen atoms in total. The lowest BCUT2D eigenvalue weighted by atomic mass is 10.2. The molecule has 2 aliphatic heterocycles. The summed E-state index contributed by atoms with van der Waals surface area (Å²) in [7, 11) is 1.75. The van der Waals surface area contributed by atoms with E-state index in [0.29, 0.717) is 22.0 Å². The van der Waals surface area contributed by atoms with Gasteiger partial charge in [0.2, 0.25) is 6.79 Å². The quantitative estimate of drug-likeness (QED) is 0.746. The molecular formula is C19H18N4O5S. The maximum Gasteiger partial charge on any atom is 0.293 e. The van der Waals surface area contributed by atoms with Gasteiger partial charge in [-0.05, 0) is 42.5 Å². The minimum atomic E-state index is -0.385. The molecule has 150 valence electrons. The van der Waals surface area contributed by atoms with Gasteiger partial charge in [-0.25, -0.2) is 0 Å². The van der Waals surface area contributed by atoms with Gasteiger partial charge in [-0.2, -0.15) is 5.10 Å². The van der Waals surface area contributed by atoms with E-state index < -0.39 is 0 Å². The summed E-state index contributed by atoms with van der Waals surface area (Å²) in [6.07, 6.45) is 3.13. The highest BCUT2D eigenvalue weighted by Crippen LogP contribution is 2.36. The Labute approximate surface area is 170 Å². The van der Waals surface area contributed by atoms with E-state index in [4.69, 9.17) is 9.47 Å². The van der Waals surface area contributed by atoms with Crippen LogP contribution in [0.25, 0.3) is 6.08 Å². The lowest BCUT2D eigenvalue weighted by Crippen LogP contribution is -2.37. The molecule has 0 aliphatic carbocycles. The van der Waals surface area contributed by atoms with E-state index in [9.17, 15) is 14.4 Å². The van der Waals surface area contributed by atoms with Crippen molar-refractivity contribution in [3.8, 4) is 11.5 Å². The van der Waals surface area contributed by atoms with Crippen LogP contribution in [0.1, 0.15) is 21.6 Å². The number of imide groups is 1. The van der Waals surface area contributed by atoms with E-state index in [1.54, 1.807) is 42.9 Å². The zero-order chi connectivity index (χ0) is 20.5. The largest absolute Gasteiger partial charge is 0.454 e. The predicted molar refractivity (Wildman–Crippen MR) is 106 cm³/mol. The SMILES string of the molecule is Cc1c(C(=O)NCCN2C(=O)SC(=Cc3ccc4c(c3)OCO4)C2=O)cnn1C. The molecule has 3 amide bonds. The Kier molecular flexibility index (Phi) is 5.01. The number of fused-ring (bicyclic) bond motifs is 1. The summed E-state index contributed by atoms with van der Waals surface area (Å²) in [4.78, 5) is 38.5. The number of thioether (sulfide) groups is 1. The van der Waals surface area contributed by atoms with Crippen molar-refractivity contribution >= 4 is 34.9 Å². The second kappa shape index (κ2) is 7.63. The van der Waals surface area contributed by atoms with Crippen LogP contribution >= 0.6 is 11.8 Å². The van der Waals surface area contributed by atoms with Crippen LogP contribution in [0.4, 0.5) is 4.79 Å². The number of hydrogen-bond donors (Lipinski definition) is 1. The standard InChI is InChI=1S/C19H18N4O5S/c1-11-13(9-21-22(11)2)17(24)20-5-6-23-18(25)16(29-19(23)26)8-12-3-4-14-15(7-12)28-10-27-14/h3-4,7-9H,5-6,10H2,1-2H3,(H,20,24). The monoisotopic (exact) mass is 414 g/mol. The van der Waals surface area contributed by atoms with Crippen LogP contribution in [-0.2, 0) is 11.8 Å². The highest BCUT2D eigenvalue weighted by atomic mass is 32.2. The summed E-state index contributed by atoms with van der Waals surface area (Å²) in [6.45, 7) is 2.20. The third kappa shape index (κ3) is 3.70. The first-order chi connectivity index (χ1) is 13.9. The van der Waals surface area contributed by atoms with Crippen LogP contribution in [0.5, 0.6) is 11.5 Å². The van der Waals surface area contributed by atoms with Gasteiger partial charge < -0.3 is 14.8 Å². The highest BCUT2D eigenvalue weighted by molar-refractivity contribution is 8.18. The molecule has 2 aromatic rings. The number of rotatable bonds is 5. The number of benzene rings is 1. The van der Waals surface area contributed by atoms with E-state index >= 15 is 0 Å². The molecule has 0 saturated carbocycles. The maximum absolute atomic E-state index is 12.6. The number of nitrogens with zero attached hydrogens (tertiary/aromatic N) is 3. The topological polar surface area (TPSA) is 103 Å². The molecule has 2 aliphatic rings. The molecule has 1 fully saturated rings. The predicted octanol–water partition coefficient (Wildman–Crippen LogP) is 1.92. The van der Waals surface area contributed by atoms with Crippen LogP contribution in [-0.4, -0.2) is 51.6 Å². The first kappa shape index (κ1) is 19.1. The smallest absolute Gasteiger partial charge is 0.293 e. The Morgan fingerprint density at radius 3 is 2.86 bits per heavy atom. The molecule has 10 heteroatoms. The third-order valence-electron chi connectivity index (χ3n) is 4.67. The summed E-state index contributed by atoms with van der Waals surface area (Å²) in [5, 5.41) is 6.38. The molecule has 1 N–H and O–H groups in total. The number of hydrogen-bond acceptors (Lipinski definition) is 7. The van der Waals surface area contributed by atoms with Crippen molar-refractivity contribution in [1.29, 1.82) is 0 Å². The highest BCUT2D eigenvalue weighted by Gasteiger charge is 2.34. The Balaban J connectivity index is 1.38. The summed E-state index contributed by atoms with van der Waals surface area (Å²) in [5.74, 6) is 0.573. The number of nitrogens with one attached hydrogen (secondary N) is 1. The first-order valence-electron chi connectivity index (χ1n) is 8.86. The van der Waals surface area contributed by atoms with Gasteiger partial charge in [0.25, 0.3) is 17.1 Å². The summed E-state index contributed by atoms with van der Waals surface area (Å²) in [6, 6.07) is 5.30. The molecular weight excluding hydrogens is 396 g/mol.